The average molecular weight is 368 g/mol. The minimum absolute atomic E-state index is 1.42. The van der Waals surface area contributed by atoms with Crippen LogP contribution >= 0.6 is 0 Å². The van der Waals surface area contributed by atoms with E-state index in [1.54, 1.807) is 3.59 Å². The molecule has 66 valence electrons. The Morgan fingerprint density at radius 3 is 1.45 bits per heavy atom. The van der Waals surface area contributed by atoms with Crippen molar-refractivity contribution in [2.24, 2.45) is 0 Å². The summed E-state index contributed by atoms with van der Waals surface area (Å²) in [6.45, 7) is 4.26. The van der Waals surface area contributed by atoms with E-state index in [9.17, 15) is 0 Å². The Balaban J connectivity index is 4.11. The number of hydrogen-bond acceptors (Lipinski definition) is 0. The maximum atomic E-state index is 4.26. The summed E-state index contributed by atoms with van der Waals surface area (Å²) < 4.78 is 3.08. The van der Waals surface area contributed by atoms with Crippen LogP contribution in [0.3, 0.4) is 0 Å². The van der Waals surface area contributed by atoms with Crippen LogP contribution in [-0.4, -0.2) is 36.8 Å². The molecule has 2 heteroatoms. The van der Waals surface area contributed by atoms with Crippen LogP contribution in [-0.2, 0) is 0 Å². The second kappa shape index (κ2) is 4.03. The van der Waals surface area contributed by atoms with Crippen molar-refractivity contribution in [3.8, 4) is 0 Å². The second-order valence-electron chi connectivity index (χ2n) is 5.59. The van der Waals surface area contributed by atoms with Crippen LogP contribution in [0.25, 0.3) is 0 Å². The van der Waals surface area contributed by atoms with Gasteiger partial charge in [0, 0.05) is 0 Å². The molecule has 11 heavy (non-hydrogen) atoms. The summed E-state index contributed by atoms with van der Waals surface area (Å²) in [5.74, 6) is 0. The Morgan fingerprint density at radius 2 is 1.36 bits per heavy atom. The normalized spacial score (nSPS) is 13.3. The van der Waals surface area contributed by atoms with Gasteiger partial charge in [0.25, 0.3) is 0 Å². The van der Waals surface area contributed by atoms with Crippen molar-refractivity contribution in [2.75, 3.05) is 0 Å². The zero-order valence-corrected chi connectivity index (χ0v) is 14.6. The molecule has 0 fully saturated rings. The molecule has 0 heterocycles. The fourth-order valence-corrected chi connectivity index (χ4v) is 26.4. The molecule has 0 saturated carbocycles. The molecule has 0 aliphatic rings. The first-order chi connectivity index (χ1) is 4.63. The Hall–Kier alpha value is 1.34. The van der Waals surface area contributed by atoms with E-state index in [1.807, 2.05) is 0 Å². The van der Waals surface area contributed by atoms with Gasteiger partial charge in [-0.25, -0.2) is 0 Å². The van der Waals surface area contributed by atoms with Gasteiger partial charge in [0.2, 0.25) is 0 Å². The molecule has 0 aliphatic carbocycles. The van der Waals surface area contributed by atoms with Crippen molar-refractivity contribution < 1.29 is 0 Å². The van der Waals surface area contributed by atoms with E-state index >= 15 is 0 Å². The average Bonchev–Trinajstić information content (AvgIpc) is 1.56. The summed E-state index contributed by atoms with van der Waals surface area (Å²) >= 11 is -3.24. The molecule has 0 amide bonds. The monoisotopic (exact) mass is 370 g/mol. The fourth-order valence-electron chi connectivity index (χ4n) is 0.905. The molecule has 0 nitrogen and oxygen atoms in total. The van der Waals surface area contributed by atoms with Crippen molar-refractivity contribution >= 4 is 36.8 Å². The van der Waals surface area contributed by atoms with Gasteiger partial charge in [0.05, 0.1) is 0 Å². The Morgan fingerprint density at radius 1 is 1.00 bits per heavy atom. The topological polar surface area (TPSA) is 0 Å². The number of hydrogen-bond donors (Lipinski definition) is 0. The quantitative estimate of drug-likeness (QED) is 0.666. The Kier molecular flexibility index (Phi) is 4.52. The molecule has 0 unspecified atom stereocenters. The van der Waals surface area contributed by atoms with Gasteiger partial charge in [-0.15, -0.1) is 0 Å². The molecular weight excluding hydrogens is 346 g/mol. The van der Waals surface area contributed by atoms with E-state index in [-0.39, 0.29) is 0 Å². The van der Waals surface area contributed by atoms with E-state index in [4.69, 9.17) is 0 Å². The van der Waals surface area contributed by atoms with E-state index in [0.29, 0.717) is 0 Å². The van der Waals surface area contributed by atoms with Gasteiger partial charge in [-0.3, -0.25) is 0 Å². The molecule has 0 rings (SSSR count). The predicted molar refractivity (Wildman–Crippen MR) is 60.6 cm³/mol. The standard InChI is InChI=1S/C3H4.6CH3.2Sn/c1-3-2;;;;;;;;/h1-2H2;6*1H3;;. The van der Waals surface area contributed by atoms with Gasteiger partial charge in [-0.05, 0) is 0 Å². The van der Waals surface area contributed by atoms with Crippen molar-refractivity contribution in [3.63, 3.8) is 0 Å². The van der Waals surface area contributed by atoms with Crippen molar-refractivity contribution in [2.45, 2.75) is 34.1 Å². The number of rotatable bonds is 3. The zero-order chi connectivity index (χ0) is 9.28. The van der Waals surface area contributed by atoms with Crippen LogP contribution in [0.4, 0.5) is 0 Å². The molecule has 0 aromatic heterocycles. The third-order valence-corrected chi connectivity index (χ3v) is 15.5. The van der Waals surface area contributed by atoms with E-state index < -0.39 is 36.8 Å². The van der Waals surface area contributed by atoms with Crippen LogP contribution in [0.15, 0.2) is 10.2 Å². The van der Waals surface area contributed by atoms with Crippen molar-refractivity contribution in [3.05, 3.63) is 10.2 Å². The van der Waals surface area contributed by atoms with Crippen LogP contribution < -0.4 is 0 Å². The van der Waals surface area contributed by atoms with Gasteiger partial charge >= 0.3 is 81.0 Å². The molecule has 0 aromatic rings. The molecule has 0 saturated heterocycles. The first-order valence-electron chi connectivity index (χ1n) is 4.31. The first kappa shape index (κ1) is 12.3. The van der Waals surface area contributed by atoms with E-state index in [1.165, 1.54) is 4.44 Å². The van der Waals surface area contributed by atoms with Crippen LogP contribution in [0, 0.1) is 0 Å². The summed E-state index contributed by atoms with van der Waals surface area (Å²) in [5.41, 5.74) is 0. The third-order valence-electron chi connectivity index (χ3n) is 1.80. The molecule has 0 spiro atoms. The fraction of sp³-hybridized carbons (Fsp3) is 0.778. The molecule has 0 atom stereocenters. The summed E-state index contributed by atoms with van der Waals surface area (Å²) in [4.78, 5) is 14.9. The summed E-state index contributed by atoms with van der Waals surface area (Å²) in [7, 11) is 0. The molecule has 0 radical (unpaired) electrons. The van der Waals surface area contributed by atoms with Gasteiger partial charge in [-0.2, -0.15) is 0 Å². The minimum atomic E-state index is -1.70. The zero-order valence-electron chi connectivity index (χ0n) is 8.91. The van der Waals surface area contributed by atoms with E-state index in [2.05, 4.69) is 36.2 Å². The van der Waals surface area contributed by atoms with Crippen LogP contribution in [0.1, 0.15) is 0 Å². The number of allylic oxidation sites excluding steroid dienone is 1. The first-order valence-corrected chi connectivity index (χ1v) is 24.9. The van der Waals surface area contributed by atoms with Crippen molar-refractivity contribution in [1.82, 2.24) is 0 Å². The summed E-state index contributed by atoms with van der Waals surface area (Å²) in [5, 5.41) is 0. The molecule has 0 bridgehead atoms. The van der Waals surface area contributed by atoms with Gasteiger partial charge in [0.15, 0.2) is 0 Å². The third kappa shape index (κ3) is 6.49. The predicted octanol–water partition coefficient (Wildman–Crippen LogP) is 3.76. The van der Waals surface area contributed by atoms with Gasteiger partial charge in [-0.1, -0.05) is 0 Å². The van der Waals surface area contributed by atoms with Gasteiger partial charge < -0.3 is 0 Å². The SMILES string of the molecule is C=[C]([CH2][Sn]([CH3])([CH3])[CH3])[Sn]([CH3])([CH3])[CH3]. The Labute approximate surface area is 80.2 Å². The maximum absolute atomic E-state index is 4.26. The van der Waals surface area contributed by atoms with Gasteiger partial charge in [0.1, 0.15) is 0 Å². The molecular formula is C9H22Sn2. The molecule has 0 aliphatic heterocycles. The van der Waals surface area contributed by atoms with Crippen molar-refractivity contribution in [1.29, 1.82) is 0 Å². The van der Waals surface area contributed by atoms with Crippen LogP contribution in [0.2, 0.25) is 34.1 Å². The van der Waals surface area contributed by atoms with E-state index in [0.717, 1.165) is 0 Å². The summed E-state index contributed by atoms with van der Waals surface area (Å²) in [6, 6.07) is 0. The second-order valence-corrected chi connectivity index (χ2v) is 36.1. The summed E-state index contributed by atoms with van der Waals surface area (Å²) in [6.07, 6.45) is 0. The Bertz CT molecular complexity index is 146. The molecule has 0 N–H and O–H groups in total. The van der Waals surface area contributed by atoms with Crippen LogP contribution in [0.5, 0.6) is 0 Å². The molecule has 0 aromatic carbocycles.